The SMILES string of the molecule is CCc1ncc(/C=C/[B-](F)(F)F)cn1. The van der Waals surface area contributed by atoms with Crippen LogP contribution in [0.4, 0.5) is 12.9 Å². The molecule has 1 rings (SSSR count). The molecule has 0 unspecified atom stereocenters. The summed E-state index contributed by atoms with van der Waals surface area (Å²) in [6.07, 6.45) is 4.40. The fraction of sp³-hybridized carbons (Fsp3) is 0.250. The Bertz CT molecular complexity index is 318. The van der Waals surface area contributed by atoms with Gasteiger partial charge in [0.15, 0.2) is 0 Å². The van der Waals surface area contributed by atoms with E-state index in [4.69, 9.17) is 0 Å². The van der Waals surface area contributed by atoms with Gasteiger partial charge in [0.2, 0.25) is 0 Å². The number of aryl methyl sites for hydroxylation is 1. The summed E-state index contributed by atoms with van der Waals surface area (Å²) in [6.45, 7) is -3.00. The third kappa shape index (κ3) is 3.59. The number of halogens is 3. The topological polar surface area (TPSA) is 25.8 Å². The first-order chi connectivity index (χ1) is 6.51. The Morgan fingerprint density at radius 3 is 2.29 bits per heavy atom. The van der Waals surface area contributed by atoms with Gasteiger partial charge in [-0.15, -0.1) is 5.98 Å². The maximum atomic E-state index is 11.8. The molecular weight excluding hydrogens is 192 g/mol. The van der Waals surface area contributed by atoms with Crippen LogP contribution >= 0.6 is 0 Å². The highest BCUT2D eigenvalue weighted by Crippen LogP contribution is 2.11. The fourth-order valence-electron chi connectivity index (χ4n) is 0.854. The lowest BCUT2D eigenvalue weighted by Gasteiger charge is -2.05. The van der Waals surface area contributed by atoms with Crippen LogP contribution in [0.25, 0.3) is 6.08 Å². The van der Waals surface area contributed by atoms with Crippen LogP contribution in [0.5, 0.6) is 0 Å². The molecular formula is C8H9BF3N2-. The van der Waals surface area contributed by atoms with Crippen LogP contribution < -0.4 is 0 Å². The molecule has 6 heteroatoms. The van der Waals surface area contributed by atoms with Crippen LogP contribution in [-0.4, -0.2) is 16.9 Å². The van der Waals surface area contributed by atoms with Crippen molar-refractivity contribution in [3.8, 4) is 0 Å². The van der Waals surface area contributed by atoms with Gasteiger partial charge in [-0.2, -0.15) is 0 Å². The predicted molar refractivity (Wildman–Crippen MR) is 49.5 cm³/mol. The van der Waals surface area contributed by atoms with E-state index in [1.807, 2.05) is 6.92 Å². The van der Waals surface area contributed by atoms with Gasteiger partial charge in [-0.25, -0.2) is 9.97 Å². The molecule has 1 heterocycles. The number of nitrogens with zero attached hydrogens (tertiary/aromatic N) is 2. The molecule has 0 saturated carbocycles. The smallest absolute Gasteiger partial charge is 0.445 e. The van der Waals surface area contributed by atoms with Crippen molar-refractivity contribution in [2.24, 2.45) is 0 Å². The molecule has 0 fully saturated rings. The van der Waals surface area contributed by atoms with E-state index in [2.05, 4.69) is 9.97 Å². The maximum Gasteiger partial charge on any atom is 0.502 e. The number of hydrogen-bond acceptors (Lipinski definition) is 2. The van der Waals surface area contributed by atoms with Gasteiger partial charge >= 0.3 is 6.98 Å². The van der Waals surface area contributed by atoms with E-state index in [-0.39, 0.29) is 5.98 Å². The zero-order valence-electron chi connectivity index (χ0n) is 7.62. The Balaban J connectivity index is 2.74. The molecule has 0 saturated heterocycles. The summed E-state index contributed by atoms with van der Waals surface area (Å²) in [6, 6.07) is 0. The zero-order valence-corrected chi connectivity index (χ0v) is 7.62. The van der Waals surface area contributed by atoms with Crippen LogP contribution in [0.3, 0.4) is 0 Å². The molecule has 0 aliphatic rings. The largest absolute Gasteiger partial charge is 0.502 e. The van der Waals surface area contributed by atoms with E-state index in [9.17, 15) is 12.9 Å². The minimum Gasteiger partial charge on any atom is -0.445 e. The standard InChI is InChI=1S/C8H9BF3N2/c1-2-8-13-5-7(6-14-8)3-4-9(10,11)12/h3-6H,2H2,1H3/q-1/b4-3+. The molecule has 0 aromatic carbocycles. The molecule has 14 heavy (non-hydrogen) atoms. The molecule has 0 amide bonds. The van der Waals surface area contributed by atoms with E-state index in [0.717, 1.165) is 6.08 Å². The fourth-order valence-corrected chi connectivity index (χ4v) is 0.854. The first kappa shape index (κ1) is 10.8. The number of rotatable bonds is 3. The Morgan fingerprint density at radius 1 is 1.29 bits per heavy atom. The number of hydrogen-bond donors (Lipinski definition) is 0. The lowest BCUT2D eigenvalue weighted by atomic mass is 9.91. The molecule has 0 atom stereocenters. The van der Waals surface area contributed by atoms with Gasteiger partial charge < -0.3 is 12.9 Å². The van der Waals surface area contributed by atoms with Crippen molar-refractivity contribution in [1.82, 2.24) is 9.97 Å². The van der Waals surface area contributed by atoms with Gasteiger partial charge in [-0.05, 0) is 0 Å². The Hall–Kier alpha value is -1.33. The Kier molecular flexibility index (Phi) is 3.27. The van der Waals surface area contributed by atoms with Crippen molar-refractivity contribution in [2.45, 2.75) is 13.3 Å². The zero-order chi connectivity index (χ0) is 10.6. The Morgan fingerprint density at radius 2 is 1.86 bits per heavy atom. The summed E-state index contributed by atoms with van der Waals surface area (Å²) in [5.74, 6) is 0.851. The lowest BCUT2D eigenvalue weighted by molar-refractivity contribution is 0.499. The molecule has 1 aromatic rings. The normalized spacial score (nSPS) is 12.3. The molecule has 0 bridgehead atoms. The maximum absolute atomic E-state index is 11.8. The molecule has 1 aromatic heterocycles. The molecule has 0 N–H and O–H groups in total. The summed E-state index contributed by atoms with van der Waals surface area (Å²) in [4.78, 5) is 7.75. The van der Waals surface area contributed by atoms with Crippen LogP contribution in [0.1, 0.15) is 18.3 Å². The van der Waals surface area contributed by atoms with E-state index < -0.39 is 6.98 Å². The van der Waals surface area contributed by atoms with Crippen molar-refractivity contribution in [1.29, 1.82) is 0 Å². The average Bonchev–Trinajstić information content (AvgIpc) is 2.14. The van der Waals surface area contributed by atoms with Crippen LogP contribution in [0, 0.1) is 0 Å². The molecule has 2 nitrogen and oxygen atoms in total. The molecule has 0 radical (unpaired) electrons. The van der Waals surface area contributed by atoms with Gasteiger partial charge in [-0.1, -0.05) is 13.0 Å². The Labute approximate surface area is 79.9 Å². The molecule has 0 spiro atoms. The van der Waals surface area contributed by atoms with Crippen molar-refractivity contribution in [3.05, 3.63) is 29.8 Å². The van der Waals surface area contributed by atoms with E-state index in [1.165, 1.54) is 12.4 Å². The highest BCUT2D eigenvalue weighted by molar-refractivity contribution is 6.64. The second kappa shape index (κ2) is 4.26. The van der Waals surface area contributed by atoms with Crippen LogP contribution in [-0.2, 0) is 6.42 Å². The minimum atomic E-state index is -4.88. The lowest BCUT2D eigenvalue weighted by Crippen LogP contribution is -2.09. The van der Waals surface area contributed by atoms with Gasteiger partial charge in [0.05, 0.1) is 0 Å². The summed E-state index contributed by atoms with van der Waals surface area (Å²) in [5, 5.41) is 0. The summed E-state index contributed by atoms with van der Waals surface area (Å²) >= 11 is 0. The molecule has 0 aliphatic carbocycles. The second-order valence-corrected chi connectivity index (χ2v) is 2.77. The molecule has 76 valence electrons. The van der Waals surface area contributed by atoms with E-state index >= 15 is 0 Å². The van der Waals surface area contributed by atoms with Crippen LogP contribution in [0.2, 0.25) is 0 Å². The summed E-state index contributed by atoms with van der Waals surface area (Å²) < 4.78 is 35.5. The summed E-state index contributed by atoms with van der Waals surface area (Å²) in [5.41, 5.74) is 0.362. The third-order valence-corrected chi connectivity index (χ3v) is 1.55. The van der Waals surface area contributed by atoms with Gasteiger partial charge in [0, 0.05) is 24.4 Å². The highest BCUT2D eigenvalue weighted by Gasteiger charge is 2.16. The van der Waals surface area contributed by atoms with Crippen molar-refractivity contribution >= 4 is 13.1 Å². The third-order valence-electron chi connectivity index (χ3n) is 1.55. The van der Waals surface area contributed by atoms with Crippen molar-refractivity contribution in [3.63, 3.8) is 0 Å². The number of aromatic nitrogens is 2. The minimum absolute atomic E-state index is 0.227. The van der Waals surface area contributed by atoms with Gasteiger partial charge in [0.25, 0.3) is 0 Å². The van der Waals surface area contributed by atoms with Crippen molar-refractivity contribution in [2.75, 3.05) is 0 Å². The van der Waals surface area contributed by atoms with Crippen molar-refractivity contribution < 1.29 is 12.9 Å². The van der Waals surface area contributed by atoms with Gasteiger partial charge in [0.1, 0.15) is 5.82 Å². The van der Waals surface area contributed by atoms with Gasteiger partial charge in [-0.3, -0.25) is 0 Å². The quantitative estimate of drug-likeness (QED) is 0.701. The predicted octanol–water partition coefficient (Wildman–Crippen LogP) is 2.44. The van der Waals surface area contributed by atoms with E-state index in [0.29, 0.717) is 17.8 Å². The second-order valence-electron chi connectivity index (χ2n) is 2.77. The summed E-state index contributed by atoms with van der Waals surface area (Å²) in [7, 11) is 0. The first-order valence-electron chi connectivity index (χ1n) is 4.21. The molecule has 0 aliphatic heterocycles. The highest BCUT2D eigenvalue weighted by atomic mass is 19.4. The van der Waals surface area contributed by atoms with E-state index in [1.54, 1.807) is 0 Å². The monoisotopic (exact) mass is 201 g/mol. The first-order valence-corrected chi connectivity index (χ1v) is 4.21. The van der Waals surface area contributed by atoms with Crippen LogP contribution in [0.15, 0.2) is 18.4 Å². The average molecular weight is 201 g/mol.